The van der Waals surface area contributed by atoms with Crippen LogP contribution in [-0.2, 0) is 9.36 Å². The van der Waals surface area contributed by atoms with E-state index in [1.807, 2.05) is 0 Å². The minimum atomic E-state index is -4.36. The molecule has 1 aromatic carbocycles. The van der Waals surface area contributed by atoms with Crippen LogP contribution < -0.4 is 0 Å². The molecular weight excluding hydrogens is 231 g/mol. The van der Waals surface area contributed by atoms with Crippen molar-refractivity contribution in [2.24, 2.45) is 0 Å². The van der Waals surface area contributed by atoms with Crippen LogP contribution in [0.3, 0.4) is 0 Å². The molecule has 0 heterocycles. The molecule has 0 saturated carbocycles. The van der Waals surface area contributed by atoms with Crippen molar-refractivity contribution in [2.45, 2.75) is 0 Å². The topological polar surface area (TPSA) is 94.8 Å². The maximum atomic E-state index is 10.8. The van der Waals surface area contributed by atoms with E-state index in [0.717, 1.165) is 0 Å². The van der Waals surface area contributed by atoms with E-state index >= 15 is 0 Å². The summed E-state index contributed by atoms with van der Waals surface area (Å²) in [5.41, 5.74) is 0.285. The van der Waals surface area contributed by atoms with Gasteiger partial charge in [-0.3, -0.25) is 4.57 Å². The fourth-order valence-electron chi connectivity index (χ4n) is 1.15. The molecule has 86 valence electrons. The van der Waals surface area contributed by atoms with Crippen LogP contribution in [0.5, 0.6) is 0 Å². The monoisotopic (exact) mass is 242 g/mol. The van der Waals surface area contributed by atoms with Gasteiger partial charge >= 0.3 is 13.6 Å². The Morgan fingerprint density at radius 1 is 1.25 bits per heavy atom. The fraction of sp³-hybridized carbons (Fsp3) is 0.100. The maximum absolute atomic E-state index is 10.8. The van der Waals surface area contributed by atoms with Crippen LogP contribution in [0.25, 0.3) is 6.08 Å². The second kappa shape index (κ2) is 5.07. The number of hydrogen-bond donors (Lipinski definition) is 3. The number of aliphatic carboxylic acids is 1. The van der Waals surface area contributed by atoms with Gasteiger partial charge in [0.2, 0.25) is 0 Å². The Kier molecular flexibility index (Phi) is 4.01. The van der Waals surface area contributed by atoms with Crippen molar-refractivity contribution in [1.82, 2.24) is 0 Å². The Labute approximate surface area is 92.2 Å². The lowest BCUT2D eigenvalue weighted by Gasteiger charge is -2.04. The Balaban J connectivity index is 3.00. The Morgan fingerprint density at radius 2 is 1.81 bits per heavy atom. The summed E-state index contributed by atoms with van der Waals surface area (Å²) in [6, 6.07) is 8.50. The van der Waals surface area contributed by atoms with Gasteiger partial charge < -0.3 is 14.9 Å². The third-order valence-corrected chi connectivity index (χ3v) is 2.54. The van der Waals surface area contributed by atoms with Gasteiger partial charge in [0.1, 0.15) is 0 Å². The van der Waals surface area contributed by atoms with Crippen LogP contribution in [0, 0.1) is 0 Å². The van der Waals surface area contributed by atoms with Crippen molar-refractivity contribution in [3.63, 3.8) is 0 Å². The van der Waals surface area contributed by atoms with Gasteiger partial charge in [-0.05, 0) is 11.6 Å². The molecular formula is C10H11O5P. The van der Waals surface area contributed by atoms with Crippen LogP contribution in [0.2, 0.25) is 0 Å². The Morgan fingerprint density at radius 3 is 2.25 bits per heavy atom. The first-order valence-electron chi connectivity index (χ1n) is 4.42. The predicted molar refractivity (Wildman–Crippen MR) is 59.0 cm³/mol. The molecule has 3 N–H and O–H groups in total. The summed E-state index contributed by atoms with van der Waals surface area (Å²) in [6.07, 6.45) is 0.485. The normalized spacial score (nSPS) is 12.5. The van der Waals surface area contributed by atoms with Crippen molar-refractivity contribution in [1.29, 1.82) is 0 Å². The van der Waals surface area contributed by atoms with Gasteiger partial charge in [0.25, 0.3) is 0 Å². The van der Waals surface area contributed by atoms with Crippen molar-refractivity contribution in [3.05, 3.63) is 41.5 Å². The first kappa shape index (κ1) is 12.6. The number of carbonyl (C=O) groups is 1. The second-order valence-electron chi connectivity index (χ2n) is 3.21. The Bertz CT molecular complexity index is 446. The van der Waals surface area contributed by atoms with Gasteiger partial charge in [0.05, 0.1) is 6.16 Å². The summed E-state index contributed by atoms with van der Waals surface area (Å²) >= 11 is 0. The molecule has 16 heavy (non-hydrogen) atoms. The molecule has 0 aromatic heterocycles. The minimum Gasteiger partial charge on any atom is -0.478 e. The minimum absolute atomic E-state index is 0.306. The lowest BCUT2D eigenvalue weighted by molar-refractivity contribution is -0.132. The van der Waals surface area contributed by atoms with E-state index in [2.05, 4.69) is 0 Å². The number of rotatable bonds is 4. The molecule has 6 heteroatoms. The van der Waals surface area contributed by atoms with Gasteiger partial charge in [0, 0.05) is 5.57 Å². The van der Waals surface area contributed by atoms with Crippen LogP contribution in [0.1, 0.15) is 5.56 Å². The highest BCUT2D eigenvalue weighted by molar-refractivity contribution is 7.52. The Hall–Kier alpha value is -1.42. The third-order valence-electron chi connectivity index (χ3n) is 1.79. The van der Waals surface area contributed by atoms with Crippen LogP contribution in [-0.4, -0.2) is 27.0 Å². The van der Waals surface area contributed by atoms with Crippen LogP contribution in [0.15, 0.2) is 35.9 Å². The fourth-order valence-corrected chi connectivity index (χ4v) is 1.82. The molecule has 0 aliphatic rings. The molecule has 0 atom stereocenters. The molecule has 0 radical (unpaired) electrons. The molecule has 0 saturated heterocycles. The lowest BCUT2D eigenvalue weighted by atomic mass is 10.1. The highest BCUT2D eigenvalue weighted by atomic mass is 31.2. The number of carboxylic acids is 1. The van der Waals surface area contributed by atoms with Gasteiger partial charge in [0.15, 0.2) is 0 Å². The molecule has 0 fully saturated rings. The summed E-state index contributed by atoms with van der Waals surface area (Å²) in [5.74, 6) is -1.33. The maximum Gasteiger partial charge on any atom is 0.332 e. The zero-order valence-corrected chi connectivity index (χ0v) is 9.17. The number of carboxylic acid groups (broad SMARTS) is 1. The van der Waals surface area contributed by atoms with E-state index in [1.165, 1.54) is 6.08 Å². The summed E-state index contributed by atoms with van der Waals surface area (Å²) < 4.78 is 10.7. The molecule has 5 nitrogen and oxygen atoms in total. The average Bonchev–Trinajstić information content (AvgIpc) is 2.16. The predicted octanol–water partition coefficient (Wildman–Crippen LogP) is 1.33. The molecule has 1 aromatic rings. The van der Waals surface area contributed by atoms with Crippen molar-refractivity contribution in [3.8, 4) is 0 Å². The van der Waals surface area contributed by atoms with E-state index in [4.69, 9.17) is 14.9 Å². The van der Waals surface area contributed by atoms with E-state index in [1.54, 1.807) is 30.3 Å². The van der Waals surface area contributed by atoms with Gasteiger partial charge in [-0.25, -0.2) is 4.79 Å². The van der Waals surface area contributed by atoms with Gasteiger partial charge in [-0.2, -0.15) is 0 Å². The summed E-state index contributed by atoms with van der Waals surface area (Å²) in [7, 11) is -4.36. The third kappa shape index (κ3) is 4.40. The van der Waals surface area contributed by atoms with Crippen LogP contribution >= 0.6 is 7.60 Å². The standard InChI is InChI=1S/C10H11O5P/c11-10(12)9(7-16(13,14)15)6-8-4-2-1-3-5-8/h1-6H,7H2,(H,11,12)(H2,13,14,15)/b9-6+. The number of benzene rings is 1. The molecule has 0 aliphatic carbocycles. The quantitative estimate of drug-likeness (QED) is 0.547. The zero-order valence-electron chi connectivity index (χ0n) is 8.28. The van der Waals surface area contributed by atoms with Crippen molar-refractivity contribution >= 4 is 19.6 Å². The first-order chi connectivity index (χ1) is 7.38. The van der Waals surface area contributed by atoms with Crippen molar-refractivity contribution < 1.29 is 24.3 Å². The molecule has 1 rings (SSSR count). The van der Waals surface area contributed by atoms with Crippen LogP contribution in [0.4, 0.5) is 0 Å². The molecule has 0 unspecified atom stereocenters. The van der Waals surface area contributed by atoms with Crippen molar-refractivity contribution in [2.75, 3.05) is 6.16 Å². The largest absolute Gasteiger partial charge is 0.478 e. The molecule has 0 spiro atoms. The number of hydrogen-bond acceptors (Lipinski definition) is 2. The van der Waals surface area contributed by atoms with Gasteiger partial charge in [-0.1, -0.05) is 30.3 Å². The van der Waals surface area contributed by atoms with Gasteiger partial charge in [-0.15, -0.1) is 0 Å². The lowest BCUT2D eigenvalue weighted by Crippen LogP contribution is -2.05. The van der Waals surface area contributed by atoms with E-state index in [0.29, 0.717) is 5.56 Å². The summed E-state index contributed by atoms with van der Waals surface area (Å²) in [5, 5.41) is 8.79. The smallest absolute Gasteiger partial charge is 0.332 e. The van der Waals surface area contributed by atoms with E-state index in [-0.39, 0.29) is 5.57 Å². The highest BCUT2D eigenvalue weighted by Crippen LogP contribution is 2.37. The zero-order chi connectivity index (χ0) is 12.2. The first-order valence-corrected chi connectivity index (χ1v) is 6.22. The van der Waals surface area contributed by atoms with E-state index < -0.39 is 19.7 Å². The average molecular weight is 242 g/mol. The molecule has 0 bridgehead atoms. The molecule has 0 aliphatic heterocycles. The second-order valence-corrected chi connectivity index (χ2v) is 4.85. The SMILES string of the molecule is O=C(O)/C(=C/c1ccccc1)CP(=O)(O)O. The molecule has 0 amide bonds. The highest BCUT2D eigenvalue weighted by Gasteiger charge is 2.20. The summed E-state index contributed by atoms with van der Waals surface area (Å²) in [4.78, 5) is 28.2. The summed E-state index contributed by atoms with van der Waals surface area (Å²) in [6.45, 7) is 0. The van der Waals surface area contributed by atoms with E-state index in [9.17, 15) is 9.36 Å².